The van der Waals surface area contributed by atoms with E-state index in [1.165, 1.54) is 0 Å². The van der Waals surface area contributed by atoms with Crippen LogP contribution in [0.2, 0.25) is 0 Å². The molecule has 2 aliphatic rings. The van der Waals surface area contributed by atoms with E-state index in [1.54, 1.807) is 36.4 Å². The van der Waals surface area contributed by atoms with Crippen molar-refractivity contribution in [2.75, 3.05) is 26.4 Å². The maximum absolute atomic E-state index is 12.2. The van der Waals surface area contributed by atoms with Crippen molar-refractivity contribution < 1.29 is 33.3 Å². The number of rotatable bonds is 5. The molecule has 2 heterocycles. The van der Waals surface area contributed by atoms with Crippen molar-refractivity contribution in [3.05, 3.63) is 48.5 Å². The summed E-state index contributed by atoms with van der Waals surface area (Å²) in [7, 11) is 0. The molecule has 0 unspecified atom stereocenters. The number of benzene rings is 2. The normalized spacial score (nSPS) is 19.4. The van der Waals surface area contributed by atoms with Gasteiger partial charge in [0.1, 0.15) is 19.8 Å². The van der Waals surface area contributed by atoms with E-state index in [2.05, 4.69) is 5.32 Å². The second kappa shape index (κ2) is 8.08. The van der Waals surface area contributed by atoms with Crippen LogP contribution in [0.25, 0.3) is 0 Å². The number of carbonyl (C=O) groups excluding carboxylic acids is 2. The maximum Gasteiger partial charge on any atom is 0.351 e. The van der Waals surface area contributed by atoms with Crippen molar-refractivity contribution in [3.8, 4) is 23.0 Å². The van der Waals surface area contributed by atoms with Crippen molar-refractivity contribution in [1.29, 1.82) is 0 Å². The number of hydrogen-bond donors (Lipinski definition) is 1. The van der Waals surface area contributed by atoms with E-state index in [-0.39, 0.29) is 32.3 Å². The van der Waals surface area contributed by atoms with Crippen LogP contribution in [0.4, 0.5) is 0 Å². The third kappa shape index (κ3) is 3.95. The van der Waals surface area contributed by atoms with Gasteiger partial charge in [0, 0.05) is 0 Å². The van der Waals surface area contributed by atoms with Crippen LogP contribution in [-0.2, 0) is 14.3 Å². The lowest BCUT2D eigenvalue weighted by atomic mass is 10.2. The van der Waals surface area contributed by atoms with E-state index in [0.29, 0.717) is 23.0 Å². The van der Waals surface area contributed by atoms with Crippen LogP contribution in [0, 0.1) is 0 Å². The second-order valence-electron chi connectivity index (χ2n) is 6.19. The van der Waals surface area contributed by atoms with E-state index in [9.17, 15) is 9.59 Å². The average molecular weight is 385 g/mol. The molecule has 0 saturated heterocycles. The Morgan fingerprint density at radius 2 is 1.39 bits per heavy atom. The smallest absolute Gasteiger partial charge is 0.351 e. The Morgan fingerprint density at radius 3 is 2.04 bits per heavy atom. The highest BCUT2D eigenvalue weighted by Gasteiger charge is 2.29. The van der Waals surface area contributed by atoms with Gasteiger partial charge >= 0.3 is 5.97 Å². The van der Waals surface area contributed by atoms with Crippen LogP contribution in [0.3, 0.4) is 0 Å². The largest absolute Gasteiger partial charge is 0.485 e. The minimum absolute atomic E-state index is 0.0102. The fourth-order valence-electron chi connectivity index (χ4n) is 2.82. The summed E-state index contributed by atoms with van der Waals surface area (Å²) in [5, 5.41) is 2.66. The molecule has 0 aliphatic carbocycles. The molecular weight excluding hydrogens is 366 g/mol. The van der Waals surface area contributed by atoms with Crippen LogP contribution in [-0.4, -0.2) is 50.4 Å². The Balaban J connectivity index is 1.19. The molecule has 0 fully saturated rings. The van der Waals surface area contributed by atoms with Crippen molar-refractivity contribution in [3.63, 3.8) is 0 Å². The fourth-order valence-corrected chi connectivity index (χ4v) is 2.82. The second-order valence-corrected chi connectivity index (χ2v) is 6.19. The highest BCUT2D eigenvalue weighted by atomic mass is 16.6. The van der Waals surface area contributed by atoms with Crippen molar-refractivity contribution >= 4 is 11.9 Å². The minimum Gasteiger partial charge on any atom is -0.485 e. The Bertz CT molecular complexity index is 798. The van der Waals surface area contributed by atoms with E-state index in [0.717, 1.165) is 0 Å². The number of amides is 1. The Labute approximate surface area is 161 Å². The number of ether oxygens (including phenoxy) is 5. The zero-order chi connectivity index (χ0) is 19.3. The first-order chi connectivity index (χ1) is 13.7. The first-order valence-electron chi connectivity index (χ1n) is 8.92. The molecule has 146 valence electrons. The summed E-state index contributed by atoms with van der Waals surface area (Å²) < 4.78 is 27.3. The molecule has 8 heteroatoms. The topological polar surface area (TPSA) is 92.3 Å². The molecule has 0 aromatic heterocycles. The molecule has 0 spiro atoms. The predicted octanol–water partition coefficient (Wildman–Crippen LogP) is 1.33. The van der Waals surface area contributed by atoms with E-state index < -0.39 is 18.2 Å². The molecule has 1 N–H and O–H groups in total. The van der Waals surface area contributed by atoms with Crippen LogP contribution < -0.4 is 24.3 Å². The molecule has 0 bridgehead atoms. The van der Waals surface area contributed by atoms with E-state index >= 15 is 0 Å². The number of hydrogen-bond acceptors (Lipinski definition) is 7. The van der Waals surface area contributed by atoms with Gasteiger partial charge < -0.3 is 29.0 Å². The molecule has 8 nitrogen and oxygen atoms in total. The molecule has 4 rings (SSSR count). The van der Waals surface area contributed by atoms with Gasteiger partial charge in [-0.2, -0.15) is 0 Å². The molecular formula is C20H19NO7. The summed E-state index contributed by atoms with van der Waals surface area (Å²) in [6, 6.07) is 14.2. The zero-order valence-corrected chi connectivity index (χ0v) is 15.0. The monoisotopic (exact) mass is 385 g/mol. The van der Waals surface area contributed by atoms with Crippen LogP contribution in [0.15, 0.2) is 48.5 Å². The lowest BCUT2D eigenvalue weighted by Gasteiger charge is -2.26. The quantitative estimate of drug-likeness (QED) is 0.613. The van der Waals surface area contributed by atoms with Gasteiger partial charge in [0.15, 0.2) is 23.0 Å². The van der Waals surface area contributed by atoms with Gasteiger partial charge in [-0.1, -0.05) is 24.3 Å². The van der Waals surface area contributed by atoms with E-state index in [4.69, 9.17) is 23.7 Å². The summed E-state index contributed by atoms with van der Waals surface area (Å²) >= 11 is 0. The number of nitrogens with one attached hydrogen (secondary N) is 1. The number of fused-ring (bicyclic) bond motifs is 2. The lowest BCUT2D eigenvalue weighted by Crippen LogP contribution is -2.45. The third-order valence-corrected chi connectivity index (χ3v) is 4.22. The van der Waals surface area contributed by atoms with Gasteiger partial charge in [-0.05, 0) is 24.3 Å². The summed E-state index contributed by atoms with van der Waals surface area (Å²) in [6.45, 7) is 0.358. The predicted molar refractivity (Wildman–Crippen MR) is 96.7 cm³/mol. The number of carbonyl (C=O) groups is 2. The summed E-state index contributed by atoms with van der Waals surface area (Å²) in [4.78, 5) is 24.3. The first-order valence-corrected chi connectivity index (χ1v) is 8.92. The average Bonchev–Trinajstić information content (AvgIpc) is 2.75. The highest BCUT2D eigenvalue weighted by Crippen LogP contribution is 2.31. The minimum atomic E-state index is -0.836. The Kier molecular flexibility index (Phi) is 5.18. The van der Waals surface area contributed by atoms with Crippen LogP contribution in [0.5, 0.6) is 23.0 Å². The van der Waals surface area contributed by atoms with Gasteiger partial charge in [-0.25, -0.2) is 4.79 Å². The van der Waals surface area contributed by atoms with E-state index in [1.807, 2.05) is 12.1 Å². The summed E-state index contributed by atoms with van der Waals surface area (Å²) in [5.41, 5.74) is 0. The number of esters is 1. The van der Waals surface area contributed by atoms with Crippen LogP contribution >= 0.6 is 0 Å². The molecule has 2 atom stereocenters. The Morgan fingerprint density at radius 1 is 0.857 bits per heavy atom. The molecule has 0 saturated carbocycles. The standard InChI is InChI=1S/C20H19NO7/c22-19(17-11-25-13-5-1-3-7-15(13)27-17)21-9-10-24-20(23)18-12-26-14-6-2-4-8-16(14)28-18/h1-8,17-18H,9-12H2,(H,21,22)/t17-,18+/m1/s1. The fraction of sp³-hybridized carbons (Fsp3) is 0.300. The molecule has 2 aliphatic heterocycles. The number of para-hydroxylation sites is 4. The highest BCUT2D eigenvalue weighted by molar-refractivity contribution is 5.81. The van der Waals surface area contributed by atoms with Crippen molar-refractivity contribution in [2.24, 2.45) is 0 Å². The molecule has 1 amide bonds. The summed E-state index contributed by atoms with van der Waals surface area (Å²) in [5.74, 6) is 1.34. The van der Waals surface area contributed by atoms with Crippen molar-refractivity contribution in [1.82, 2.24) is 5.32 Å². The van der Waals surface area contributed by atoms with Gasteiger partial charge in [-0.3, -0.25) is 4.79 Å². The molecule has 2 aromatic carbocycles. The SMILES string of the molecule is O=C(OCCNC(=O)[C@H]1COc2ccccc2O1)[C@@H]1COc2ccccc2O1. The van der Waals surface area contributed by atoms with Gasteiger partial charge in [-0.15, -0.1) is 0 Å². The van der Waals surface area contributed by atoms with Gasteiger partial charge in [0.05, 0.1) is 6.54 Å². The van der Waals surface area contributed by atoms with Gasteiger partial charge in [0.2, 0.25) is 12.2 Å². The molecule has 28 heavy (non-hydrogen) atoms. The van der Waals surface area contributed by atoms with Gasteiger partial charge in [0.25, 0.3) is 5.91 Å². The third-order valence-electron chi connectivity index (χ3n) is 4.22. The molecule has 0 radical (unpaired) electrons. The maximum atomic E-state index is 12.2. The molecule has 2 aromatic rings. The van der Waals surface area contributed by atoms with Crippen LogP contribution in [0.1, 0.15) is 0 Å². The lowest BCUT2D eigenvalue weighted by molar-refractivity contribution is -0.154. The Hall–Kier alpha value is -3.42. The zero-order valence-electron chi connectivity index (χ0n) is 15.0. The summed E-state index contributed by atoms with van der Waals surface area (Å²) in [6.07, 6.45) is -1.59. The first kappa shape index (κ1) is 18.0. The van der Waals surface area contributed by atoms with Crippen molar-refractivity contribution in [2.45, 2.75) is 12.2 Å².